The monoisotopic (exact) mass is 226 g/mol. The zero-order chi connectivity index (χ0) is 11.8. The second-order valence-electron chi connectivity index (χ2n) is 4.98. The van der Waals surface area contributed by atoms with E-state index >= 15 is 0 Å². The number of hydrogen-bond acceptors (Lipinski definition) is 2. The van der Waals surface area contributed by atoms with Gasteiger partial charge in [-0.2, -0.15) is 0 Å². The van der Waals surface area contributed by atoms with Crippen molar-refractivity contribution < 1.29 is 9.53 Å². The number of carbonyl (C=O) groups excluding carboxylic acids is 1. The highest BCUT2D eigenvalue weighted by Gasteiger charge is 2.22. The minimum Gasteiger partial charge on any atom is -0.462 e. The summed E-state index contributed by atoms with van der Waals surface area (Å²) in [4.78, 5) is 11.2. The average molecular weight is 226 g/mol. The molecule has 0 spiro atoms. The summed E-state index contributed by atoms with van der Waals surface area (Å²) in [6.45, 7) is 4.11. The molecule has 2 heteroatoms. The first-order chi connectivity index (χ1) is 7.76. The molecule has 0 radical (unpaired) electrons. The van der Waals surface area contributed by atoms with Gasteiger partial charge in [0, 0.05) is 6.42 Å². The first-order valence-corrected chi connectivity index (χ1v) is 6.95. The van der Waals surface area contributed by atoms with Gasteiger partial charge in [-0.1, -0.05) is 39.5 Å². The van der Waals surface area contributed by atoms with E-state index in [1.54, 1.807) is 0 Å². The molecule has 1 fully saturated rings. The SMILES string of the molecule is CCCCCC1CCC(OC(=O)CC)CC1. The van der Waals surface area contributed by atoms with Crippen LogP contribution in [0.4, 0.5) is 0 Å². The standard InChI is InChI=1S/C14H26O2/c1-3-5-6-7-12-8-10-13(11-9-12)16-14(15)4-2/h12-13H,3-11H2,1-2H3. The van der Waals surface area contributed by atoms with Crippen LogP contribution in [-0.2, 0) is 9.53 Å². The maximum absolute atomic E-state index is 11.2. The number of unbranched alkanes of at least 4 members (excludes halogenated alkanes) is 2. The van der Waals surface area contributed by atoms with Crippen molar-refractivity contribution in [3.63, 3.8) is 0 Å². The van der Waals surface area contributed by atoms with Gasteiger partial charge in [-0.15, -0.1) is 0 Å². The van der Waals surface area contributed by atoms with E-state index in [1.165, 1.54) is 38.5 Å². The Labute approximate surface area is 99.8 Å². The van der Waals surface area contributed by atoms with Gasteiger partial charge in [0.25, 0.3) is 0 Å². The number of ether oxygens (including phenoxy) is 1. The van der Waals surface area contributed by atoms with E-state index in [0.29, 0.717) is 6.42 Å². The van der Waals surface area contributed by atoms with Crippen molar-refractivity contribution >= 4 is 5.97 Å². The highest BCUT2D eigenvalue weighted by Crippen LogP contribution is 2.30. The molecule has 16 heavy (non-hydrogen) atoms. The maximum atomic E-state index is 11.2. The molecule has 0 N–H and O–H groups in total. The Morgan fingerprint density at radius 1 is 1.12 bits per heavy atom. The summed E-state index contributed by atoms with van der Waals surface area (Å²) in [6.07, 6.45) is 10.8. The van der Waals surface area contributed by atoms with Gasteiger partial charge < -0.3 is 4.74 Å². The molecule has 1 saturated carbocycles. The van der Waals surface area contributed by atoms with Crippen molar-refractivity contribution in [3.8, 4) is 0 Å². The summed E-state index contributed by atoms with van der Waals surface area (Å²) in [7, 11) is 0. The first-order valence-electron chi connectivity index (χ1n) is 6.95. The molecule has 0 atom stereocenters. The van der Waals surface area contributed by atoms with Gasteiger partial charge in [0.1, 0.15) is 6.10 Å². The van der Waals surface area contributed by atoms with Gasteiger partial charge >= 0.3 is 5.97 Å². The summed E-state index contributed by atoms with van der Waals surface area (Å²) >= 11 is 0. The van der Waals surface area contributed by atoms with Crippen LogP contribution in [0.15, 0.2) is 0 Å². The van der Waals surface area contributed by atoms with E-state index in [-0.39, 0.29) is 12.1 Å². The molecule has 94 valence electrons. The van der Waals surface area contributed by atoms with E-state index in [0.717, 1.165) is 18.8 Å². The smallest absolute Gasteiger partial charge is 0.305 e. The summed E-state index contributed by atoms with van der Waals surface area (Å²) in [5, 5.41) is 0. The van der Waals surface area contributed by atoms with Crippen LogP contribution >= 0.6 is 0 Å². The molecule has 0 amide bonds. The Hall–Kier alpha value is -0.530. The first kappa shape index (κ1) is 13.5. The van der Waals surface area contributed by atoms with Gasteiger partial charge in [0.05, 0.1) is 0 Å². The summed E-state index contributed by atoms with van der Waals surface area (Å²) < 4.78 is 5.38. The molecule has 0 saturated heterocycles. The fraction of sp³-hybridized carbons (Fsp3) is 0.929. The van der Waals surface area contributed by atoms with Crippen molar-refractivity contribution in [1.82, 2.24) is 0 Å². The predicted molar refractivity (Wildman–Crippen MR) is 66.3 cm³/mol. The number of hydrogen-bond donors (Lipinski definition) is 0. The van der Waals surface area contributed by atoms with E-state index in [4.69, 9.17) is 4.74 Å². The number of esters is 1. The zero-order valence-corrected chi connectivity index (χ0v) is 10.8. The lowest BCUT2D eigenvalue weighted by Crippen LogP contribution is -2.24. The fourth-order valence-corrected chi connectivity index (χ4v) is 2.49. The van der Waals surface area contributed by atoms with E-state index < -0.39 is 0 Å². The van der Waals surface area contributed by atoms with Gasteiger partial charge in [-0.25, -0.2) is 0 Å². The molecule has 0 aliphatic heterocycles. The van der Waals surface area contributed by atoms with Crippen molar-refractivity contribution in [2.75, 3.05) is 0 Å². The molecule has 0 heterocycles. The molecular formula is C14H26O2. The third-order valence-corrected chi connectivity index (χ3v) is 3.60. The molecule has 0 aromatic rings. The third kappa shape index (κ3) is 5.00. The maximum Gasteiger partial charge on any atom is 0.305 e. The molecule has 1 aliphatic carbocycles. The quantitative estimate of drug-likeness (QED) is 0.504. The summed E-state index contributed by atoms with van der Waals surface area (Å²) in [5.41, 5.74) is 0. The second kappa shape index (κ2) is 7.70. The van der Waals surface area contributed by atoms with Gasteiger partial charge in [-0.05, 0) is 31.6 Å². The van der Waals surface area contributed by atoms with Crippen molar-refractivity contribution in [2.24, 2.45) is 5.92 Å². The molecular weight excluding hydrogens is 200 g/mol. The van der Waals surface area contributed by atoms with Gasteiger partial charge in [0.15, 0.2) is 0 Å². The van der Waals surface area contributed by atoms with Crippen molar-refractivity contribution in [2.45, 2.75) is 77.7 Å². The molecule has 0 aromatic heterocycles. The van der Waals surface area contributed by atoms with E-state index in [2.05, 4.69) is 6.92 Å². The van der Waals surface area contributed by atoms with Crippen molar-refractivity contribution in [3.05, 3.63) is 0 Å². The van der Waals surface area contributed by atoms with Crippen LogP contribution < -0.4 is 0 Å². The zero-order valence-electron chi connectivity index (χ0n) is 10.8. The topological polar surface area (TPSA) is 26.3 Å². The molecule has 1 rings (SSSR count). The third-order valence-electron chi connectivity index (χ3n) is 3.60. The van der Waals surface area contributed by atoms with Crippen LogP contribution in [0, 0.1) is 5.92 Å². The highest BCUT2D eigenvalue weighted by atomic mass is 16.5. The summed E-state index contributed by atoms with van der Waals surface area (Å²) in [6, 6.07) is 0. The lowest BCUT2D eigenvalue weighted by Gasteiger charge is -2.28. The molecule has 2 nitrogen and oxygen atoms in total. The average Bonchev–Trinajstić information content (AvgIpc) is 2.31. The van der Waals surface area contributed by atoms with Crippen LogP contribution in [-0.4, -0.2) is 12.1 Å². The number of carbonyl (C=O) groups is 1. The Balaban J connectivity index is 2.11. The minimum absolute atomic E-state index is 0.0329. The minimum atomic E-state index is -0.0329. The molecule has 0 unspecified atom stereocenters. The van der Waals surface area contributed by atoms with E-state index in [1.807, 2.05) is 6.92 Å². The van der Waals surface area contributed by atoms with Crippen LogP contribution in [0.5, 0.6) is 0 Å². The van der Waals surface area contributed by atoms with Crippen LogP contribution in [0.25, 0.3) is 0 Å². The Morgan fingerprint density at radius 2 is 1.81 bits per heavy atom. The summed E-state index contributed by atoms with van der Waals surface area (Å²) in [5.74, 6) is 0.859. The highest BCUT2D eigenvalue weighted by molar-refractivity contribution is 5.69. The Kier molecular flexibility index (Phi) is 6.51. The molecule has 1 aliphatic rings. The lowest BCUT2D eigenvalue weighted by atomic mass is 9.84. The van der Waals surface area contributed by atoms with Crippen molar-refractivity contribution in [1.29, 1.82) is 0 Å². The van der Waals surface area contributed by atoms with Gasteiger partial charge in [-0.3, -0.25) is 4.79 Å². The Morgan fingerprint density at radius 3 is 2.38 bits per heavy atom. The lowest BCUT2D eigenvalue weighted by molar-refractivity contribution is -0.150. The molecule has 0 aromatic carbocycles. The second-order valence-corrected chi connectivity index (χ2v) is 4.98. The van der Waals surface area contributed by atoms with Gasteiger partial charge in [0.2, 0.25) is 0 Å². The fourth-order valence-electron chi connectivity index (χ4n) is 2.49. The van der Waals surface area contributed by atoms with Crippen LogP contribution in [0.2, 0.25) is 0 Å². The predicted octanol–water partition coefficient (Wildman–Crippen LogP) is 4.08. The number of rotatable bonds is 6. The normalized spacial score (nSPS) is 25.4. The largest absolute Gasteiger partial charge is 0.462 e. The molecule has 0 bridgehead atoms. The Bertz CT molecular complexity index is 193. The van der Waals surface area contributed by atoms with Crippen LogP contribution in [0.3, 0.4) is 0 Å². The van der Waals surface area contributed by atoms with Crippen LogP contribution in [0.1, 0.15) is 71.6 Å². The van der Waals surface area contributed by atoms with E-state index in [9.17, 15) is 4.79 Å².